The summed E-state index contributed by atoms with van der Waals surface area (Å²) in [5, 5.41) is 0. The van der Waals surface area contributed by atoms with Gasteiger partial charge < -0.3 is 11.5 Å². The van der Waals surface area contributed by atoms with Crippen molar-refractivity contribution in [1.29, 1.82) is 0 Å². The lowest BCUT2D eigenvalue weighted by Crippen LogP contribution is -2.07. The Hall–Kier alpha value is -0.920. The summed E-state index contributed by atoms with van der Waals surface area (Å²) in [4.78, 5) is 0. The lowest BCUT2D eigenvalue weighted by Gasteiger charge is -2.06. The number of hydrogen-bond donors (Lipinski definition) is 2. The predicted octanol–water partition coefficient (Wildman–Crippen LogP) is 1.35. The third-order valence-electron chi connectivity index (χ3n) is 1.42. The Labute approximate surface area is 62.6 Å². The van der Waals surface area contributed by atoms with Gasteiger partial charge in [-0.15, -0.1) is 0 Å². The maximum Gasteiger partial charge on any atom is 0.0137 e. The van der Waals surface area contributed by atoms with Crippen molar-refractivity contribution in [2.45, 2.75) is 20.8 Å². The van der Waals surface area contributed by atoms with Crippen LogP contribution in [0, 0.1) is 5.92 Å². The molecule has 0 heterocycles. The second kappa shape index (κ2) is 3.99. The van der Waals surface area contributed by atoms with E-state index in [1.807, 2.05) is 13.0 Å². The molecule has 0 saturated carbocycles. The maximum absolute atomic E-state index is 5.72. The number of nitrogens with two attached hydrogens (primary N) is 2. The van der Waals surface area contributed by atoms with Crippen LogP contribution in [0.25, 0.3) is 0 Å². The molecule has 0 spiro atoms. The van der Waals surface area contributed by atoms with E-state index in [2.05, 4.69) is 13.8 Å². The molecule has 0 rings (SSSR count). The third-order valence-corrected chi connectivity index (χ3v) is 1.42. The van der Waals surface area contributed by atoms with Crippen LogP contribution in [0.1, 0.15) is 20.8 Å². The van der Waals surface area contributed by atoms with E-state index in [1.54, 1.807) is 0 Å². The molecule has 0 aliphatic carbocycles. The van der Waals surface area contributed by atoms with Crippen molar-refractivity contribution in [3.05, 3.63) is 23.5 Å². The molecule has 0 unspecified atom stereocenters. The van der Waals surface area contributed by atoms with Crippen molar-refractivity contribution in [3.63, 3.8) is 0 Å². The van der Waals surface area contributed by atoms with Crippen molar-refractivity contribution in [2.75, 3.05) is 0 Å². The highest BCUT2D eigenvalue weighted by molar-refractivity contribution is 5.21. The van der Waals surface area contributed by atoms with Gasteiger partial charge in [0.1, 0.15) is 0 Å². The zero-order chi connectivity index (χ0) is 8.15. The molecule has 0 fully saturated rings. The molecule has 0 amide bonds. The minimum absolute atomic E-state index is 0.399. The van der Waals surface area contributed by atoms with Gasteiger partial charge in [-0.1, -0.05) is 13.8 Å². The lowest BCUT2D eigenvalue weighted by atomic mass is 10.1. The van der Waals surface area contributed by atoms with Gasteiger partial charge in [0.2, 0.25) is 0 Å². The van der Waals surface area contributed by atoms with Gasteiger partial charge >= 0.3 is 0 Å². The van der Waals surface area contributed by atoms with Crippen molar-refractivity contribution in [3.8, 4) is 0 Å². The molecule has 2 nitrogen and oxygen atoms in total. The third kappa shape index (κ3) is 2.58. The van der Waals surface area contributed by atoms with Gasteiger partial charge in [0.05, 0.1) is 0 Å². The fraction of sp³-hybridized carbons (Fsp3) is 0.500. The second-order valence-corrected chi connectivity index (χ2v) is 2.65. The Balaban J connectivity index is 4.34. The molecule has 0 bridgehead atoms. The lowest BCUT2D eigenvalue weighted by molar-refractivity contribution is 0.748. The summed E-state index contributed by atoms with van der Waals surface area (Å²) in [5.74, 6) is 0.399. The molecule has 2 heteroatoms. The van der Waals surface area contributed by atoms with E-state index in [4.69, 9.17) is 11.5 Å². The highest BCUT2D eigenvalue weighted by Gasteiger charge is 1.98. The Kier molecular flexibility index (Phi) is 3.62. The van der Waals surface area contributed by atoms with E-state index in [1.165, 1.54) is 6.20 Å². The Bertz CT molecular complexity index is 155. The molecule has 0 saturated heterocycles. The molecule has 0 aromatic carbocycles. The van der Waals surface area contributed by atoms with Gasteiger partial charge in [-0.2, -0.15) is 0 Å². The summed E-state index contributed by atoms with van der Waals surface area (Å²) >= 11 is 0. The summed E-state index contributed by atoms with van der Waals surface area (Å²) in [6, 6.07) is 0. The normalized spacial score (nSPS) is 14.4. The predicted molar refractivity (Wildman–Crippen MR) is 45.1 cm³/mol. The van der Waals surface area contributed by atoms with Crippen LogP contribution in [0.15, 0.2) is 23.5 Å². The van der Waals surface area contributed by atoms with Gasteiger partial charge in [-0.25, -0.2) is 0 Å². The number of allylic oxidation sites excluding steroid dienone is 3. The summed E-state index contributed by atoms with van der Waals surface area (Å²) in [6.45, 7) is 6.07. The van der Waals surface area contributed by atoms with Gasteiger partial charge in [0.15, 0.2) is 0 Å². The molecule has 0 aromatic heterocycles. The minimum Gasteiger partial charge on any atom is -0.405 e. The number of hydrogen-bond acceptors (Lipinski definition) is 2. The molecule has 58 valence electrons. The van der Waals surface area contributed by atoms with Crippen molar-refractivity contribution in [1.82, 2.24) is 0 Å². The first-order chi connectivity index (χ1) is 4.59. The molecule has 0 atom stereocenters. The van der Waals surface area contributed by atoms with Gasteiger partial charge in [0.25, 0.3) is 0 Å². The summed E-state index contributed by atoms with van der Waals surface area (Å²) < 4.78 is 0. The standard InChI is InChI=1S/C8H16N2/c1-6(2)8(10)7(3)4-5-9/h4-6H,9-10H2,1-3H3/b5-4-,8-7-. The van der Waals surface area contributed by atoms with Crippen LogP contribution in [0.4, 0.5) is 0 Å². The van der Waals surface area contributed by atoms with Crippen LogP contribution >= 0.6 is 0 Å². The zero-order valence-electron chi connectivity index (χ0n) is 6.89. The van der Waals surface area contributed by atoms with Crippen LogP contribution < -0.4 is 11.5 Å². The summed E-state index contributed by atoms with van der Waals surface area (Å²) in [5.41, 5.74) is 12.9. The average Bonchev–Trinajstić information content (AvgIpc) is 1.87. The fourth-order valence-corrected chi connectivity index (χ4v) is 0.696. The highest BCUT2D eigenvalue weighted by Crippen LogP contribution is 2.08. The molecule has 0 aliphatic heterocycles. The molecule has 0 aliphatic rings. The first-order valence-corrected chi connectivity index (χ1v) is 3.44. The topological polar surface area (TPSA) is 52.0 Å². The summed E-state index contributed by atoms with van der Waals surface area (Å²) in [6.07, 6.45) is 3.32. The second-order valence-electron chi connectivity index (χ2n) is 2.65. The molecular weight excluding hydrogens is 124 g/mol. The molecule has 4 N–H and O–H groups in total. The maximum atomic E-state index is 5.72. The van der Waals surface area contributed by atoms with Crippen LogP contribution in [-0.2, 0) is 0 Å². The molecule has 0 radical (unpaired) electrons. The van der Waals surface area contributed by atoms with Gasteiger partial charge in [0, 0.05) is 5.70 Å². The molecule has 10 heavy (non-hydrogen) atoms. The van der Waals surface area contributed by atoms with E-state index in [0.29, 0.717) is 5.92 Å². The summed E-state index contributed by atoms with van der Waals surface area (Å²) in [7, 11) is 0. The Morgan fingerprint density at radius 3 is 2.20 bits per heavy atom. The first kappa shape index (κ1) is 9.08. The van der Waals surface area contributed by atoms with Crippen LogP contribution in [-0.4, -0.2) is 0 Å². The van der Waals surface area contributed by atoms with E-state index in [9.17, 15) is 0 Å². The van der Waals surface area contributed by atoms with Gasteiger partial charge in [-0.3, -0.25) is 0 Å². The van der Waals surface area contributed by atoms with Crippen molar-refractivity contribution < 1.29 is 0 Å². The molecule has 0 aromatic rings. The van der Waals surface area contributed by atoms with E-state index in [-0.39, 0.29) is 0 Å². The Morgan fingerprint density at radius 2 is 1.90 bits per heavy atom. The van der Waals surface area contributed by atoms with E-state index in [0.717, 1.165) is 11.3 Å². The van der Waals surface area contributed by atoms with Crippen LogP contribution in [0.5, 0.6) is 0 Å². The fourth-order valence-electron chi connectivity index (χ4n) is 0.696. The minimum atomic E-state index is 0.399. The van der Waals surface area contributed by atoms with Crippen molar-refractivity contribution in [2.24, 2.45) is 17.4 Å². The van der Waals surface area contributed by atoms with Crippen LogP contribution in [0.3, 0.4) is 0 Å². The monoisotopic (exact) mass is 140 g/mol. The smallest absolute Gasteiger partial charge is 0.0137 e. The highest BCUT2D eigenvalue weighted by atomic mass is 14.6. The SMILES string of the molecule is CC(/C=C\N)=C(/N)C(C)C. The largest absolute Gasteiger partial charge is 0.405 e. The number of rotatable bonds is 2. The van der Waals surface area contributed by atoms with E-state index >= 15 is 0 Å². The zero-order valence-corrected chi connectivity index (χ0v) is 6.89. The van der Waals surface area contributed by atoms with Crippen molar-refractivity contribution >= 4 is 0 Å². The van der Waals surface area contributed by atoms with E-state index < -0.39 is 0 Å². The Morgan fingerprint density at radius 1 is 1.40 bits per heavy atom. The molecular formula is C8H16N2. The van der Waals surface area contributed by atoms with Gasteiger partial charge in [-0.05, 0) is 30.7 Å². The average molecular weight is 140 g/mol. The first-order valence-electron chi connectivity index (χ1n) is 3.44. The quantitative estimate of drug-likeness (QED) is 0.569. The van der Waals surface area contributed by atoms with Crippen LogP contribution in [0.2, 0.25) is 0 Å².